The highest BCUT2D eigenvalue weighted by atomic mass is 14.8. The van der Waals surface area contributed by atoms with Gasteiger partial charge in [0.05, 0.1) is 11.4 Å². The van der Waals surface area contributed by atoms with Gasteiger partial charge in [-0.05, 0) is 62.0 Å². The van der Waals surface area contributed by atoms with Crippen LogP contribution in [0.1, 0.15) is 43.5 Å². The van der Waals surface area contributed by atoms with Crippen molar-refractivity contribution < 1.29 is 0 Å². The van der Waals surface area contributed by atoms with Crippen molar-refractivity contribution in [3.05, 3.63) is 156 Å². The van der Waals surface area contributed by atoms with E-state index in [1.807, 2.05) is 42.9 Å². The zero-order chi connectivity index (χ0) is 29.6. The van der Waals surface area contributed by atoms with Crippen LogP contribution >= 0.6 is 0 Å². The lowest BCUT2D eigenvalue weighted by Gasteiger charge is -2.09. The van der Waals surface area contributed by atoms with E-state index >= 15 is 0 Å². The third kappa shape index (κ3) is 6.64. The molecule has 0 saturated heterocycles. The van der Waals surface area contributed by atoms with E-state index in [0.717, 1.165) is 31.4 Å². The summed E-state index contributed by atoms with van der Waals surface area (Å²) in [4.78, 5) is 12.5. The van der Waals surface area contributed by atoms with Crippen LogP contribution in [0.25, 0.3) is 32.7 Å². The molecular weight excluding hydrogens is 558 g/mol. The van der Waals surface area contributed by atoms with Crippen LogP contribution in [0.15, 0.2) is 149 Å². The smallest absolute Gasteiger partial charge is 0.0746 e. The minimum absolute atomic E-state index is 0. The predicted molar refractivity (Wildman–Crippen MR) is 202 cm³/mol. The van der Waals surface area contributed by atoms with Crippen LogP contribution in [0.3, 0.4) is 0 Å². The monoisotopic (exact) mass is 599 g/mol. The van der Waals surface area contributed by atoms with Crippen LogP contribution in [-0.4, -0.2) is 18.6 Å². The number of aliphatic imine (C=N–C) groups is 3. The van der Waals surface area contributed by atoms with Crippen molar-refractivity contribution in [1.82, 2.24) is 0 Å². The standard InChI is InChI=1S/C16H11N.C13H10.C8H7N.C4H5N.2CH4/c1-2-7-13-11(5-1)12-6-3-4-8-14(12)16-15(13)9-10-17-16;1-3-7-12-10(5-1)9-11-6-2-4-8-13(11)12;1-2-4-8-7(3-1)5-6-9-8;1-2-4-5-3-1;;/h1-8,10H,9H2;1-8H,9H2;1-4,6H,5H2;1,3-4H,2H2;2*1H4. The van der Waals surface area contributed by atoms with E-state index in [4.69, 9.17) is 0 Å². The van der Waals surface area contributed by atoms with Gasteiger partial charge in [-0.3, -0.25) is 15.0 Å². The van der Waals surface area contributed by atoms with E-state index in [0.29, 0.717) is 0 Å². The Bertz CT molecular complexity index is 2030. The molecule has 228 valence electrons. The van der Waals surface area contributed by atoms with Crippen molar-refractivity contribution in [3.63, 3.8) is 0 Å². The number of nitrogens with zero attached hydrogens (tertiary/aromatic N) is 3. The molecule has 46 heavy (non-hydrogen) atoms. The highest BCUT2D eigenvalue weighted by Crippen LogP contribution is 2.40. The van der Waals surface area contributed by atoms with Gasteiger partial charge >= 0.3 is 0 Å². The summed E-state index contributed by atoms with van der Waals surface area (Å²) in [5.74, 6) is 0. The molecule has 0 saturated carbocycles. The van der Waals surface area contributed by atoms with Crippen molar-refractivity contribution >= 4 is 51.6 Å². The van der Waals surface area contributed by atoms with Gasteiger partial charge in [-0.2, -0.15) is 0 Å². The molecule has 0 fully saturated rings. The van der Waals surface area contributed by atoms with Crippen LogP contribution in [0, 0.1) is 0 Å². The molecule has 6 aromatic rings. The SMILES string of the molecule is C.C.C1=CN=CC1.C1=Nc2c(c3ccccc3c3ccccc23)C1.C1=Nc2ccccc2C1.c1ccc2c(c1)Cc1ccccc1-2. The van der Waals surface area contributed by atoms with Crippen molar-refractivity contribution in [3.8, 4) is 11.1 Å². The molecule has 6 aromatic carbocycles. The molecular formula is C43H41N3. The number of allylic oxidation sites excluding steroid dienone is 1. The molecule has 3 nitrogen and oxygen atoms in total. The largest absolute Gasteiger partial charge is 0.269 e. The molecule has 0 unspecified atom stereocenters. The maximum Gasteiger partial charge on any atom is 0.0746 e. The van der Waals surface area contributed by atoms with Gasteiger partial charge < -0.3 is 0 Å². The number of hydrogen-bond acceptors (Lipinski definition) is 3. The molecule has 0 spiro atoms. The lowest BCUT2D eigenvalue weighted by atomic mass is 9.95. The summed E-state index contributed by atoms with van der Waals surface area (Å²) in [5, 5.41) is 5.27. The van der Waals surface area contributed by atoms with Gasteiger partial charge in [-0.1, -0.05) is 136 Å². The van der Waals surface area contributed by atoms with Crippen LogP contribution < -0.4 is 0 Å². The number of para-hydroxylation sites is 1. The first-order valence-electron chi connectivity index (χ1n) is 15.2. The highest BCUT2D eigenvalue weighted by molar-refractivity contribution is 6.16. The molecule has 1 aliphatic carbocycles. The fraction of sp³-hybridized carbons (Fsp3) is 0.140. The van der Waals surface area contributed by atoms with Crippen molar-refractivity contribution in [2.45, 2.75) is 40.5 Å². The maximum atomic E-state index is 4.55. The Morgan fingerprint density at radius 2 is 1.00 bits per heavy atom. The van der Waals surface area contributed by atoms with Gasteiger partial charge in [0, 0.05) is 49.5 Å². The molecule has 4 aliphatic rings. The summed E-state index contributed by atoms with van der Waals surface area (Å²) in [7, 11) is 0. The third-order valence-corrected chi connectivity index (χ3v) is 8.30. The fourth-order valence-electron chi connectivity index (χ4n) is 6.21. The topological polar surface area (TPSA) is 37.1 Å². The lowest BCUT2D eigenvalue weighted by molar-refractivity contribution is 1.26. The predicted octanol–water partition coefficient (Wildman–Crippen LogP) is 11.7. The number of hydrogen-bond donors (Lipinski definition) is 0. The Balaban J connectivity index is 0.000000128. The molecule has 0 radical (unpaired) electrons. The zero-order valence-corrected chi connectivity index (χ0v) is 24.6. The second-order valence-electron chi connectivity index (χ2n) is 11.0. The molecule has 3 heteroatoms. The molecule has 3 heterocycles. The minimum atomic E-state index is 0. The maximum absolute atomic E-state index is 4.55. The Morgan fingerprint density at radius 1 is 0.457 bits per heavy atom. The van der Waals surface area contributed by atoms with Crippen molar-refractivity contribution in [2.24, 2.45) is 15.0 Å². The van der Waals surface area contributed by atoms with E-state index in [1.54, 1.807) is 6.20 Å². The second-order valence-corrected chi connectivity index (χ2v) is 11.0. The summed E-state index contributed by atoms with van der Waals surface area (Å²) in [6, 6.07) is 42.7. The van der Waals surface area contributed by atoms with Gasteiger partial charge in [0.25, 0.3) is 0 Å². The van der Waals surface area contributed by atoms with Gasteiger partial charge in [0.1, 0.15) is 0 Å². The number of rotatable bonds is 0. The summed E-state index contributed by atoms with van der Waals surface area (Å²) in [6.07, 6.45) is 13.8. The van der Waals surface area contributed by atoms with Crippen LogP contribution in [0.2, 0.25) is 0 Å². The van der Waals surface area contributed by atoms with Crippen LogP contribution in [-0.2, 0) is 19.3 Å². The Kier molecular flexibility index (Phi) is 10.5. The first-order valence-corrected chi connectivity index (χ1v) is 15.2. The van der Waals surface area contributed by atoms with Crippen molar-refractivity contribution in [2.75, 3.05) is 0 Å². The first kappa shape index (κ1) is 32.0. The first-order chi connectivity index (χ1) is 21.9. The normalized spacial score (nSPS) is 13.0. The van der Waals surface area contributed by atoms with Crippen LogP contribution in [0.4, 0.5) is 11.4 Å². The molecule has 0 N–H and O–H groups in total. The average Bonchev–Trinajstić information content (AvgIpc) is 3.93. The zero-order valence-electron chi connectivity index (χ0n) is 24.6. The molecule has 0 bridgehead atoms. The highest BCUT2D eigenvalue weighted by Gasteiger charge is 2.16. The van der Waals surface area contributed by atoms with E-state index in [2.05, 4.69) is 118 Å². The molecule has 0 atom stereocenters. The Hall–Kier alpha value is -5.41. The average molecular weight is 600 g/mol. The quantitative estimate of drug-likeness (QED) is 0.156. The summed E-state index contributed by atoms with van der Waals surface area (Å²) >= 11 is 0. The van der Waals surface area contributed by atoms with E-state index in [9.17, 15) is 0 Å². The van der Waals surface area contributed by atoms with Gasteiger partial charge in [-0.25, -0.2) is 0 Å². The molecule has 0 amide bonds. The van der Waals surface area contributed by atoms with Gasteiger partial charge in [0.2, 0.25) is 0 Å². The van der Waals surface area contributed by atoms with E-state index in [1.165, 1.54) is 60.6 Å². The van der Waals surface area contributed by atoms with E-state index in [-0.39, 0.29) is 14.9 Å². The lowest BCUT2D eigenvalue weighted by Crippen LogP contribution is -1.85. The molecule has 0 aromatic heterocycles. The Labute approximate surface area is 273 Å². The third-order valence-electron chi connectivity index (χ3n) is 8.30. The summed E-state index contributed by atoms with van der Waals surface area (Å²) in [5.41, 5.74) is 10.8. The fourth-order valence-corrected chi connectivity index (χ4v) is 6.21. The summed E-state index contributed by atoms with van der Waals surface area (Å²) < 4.78 is 0. The van der Waals surface area contributed by atoms with E-state index < -0.39 is 0 Å². The number of fused-ring (bicyclic) bond motifs is 10. The van der Waals surface area contributed by atoms with Gasteiger partial charge in [0.15, 0.2) is 0 Å². The van der Waals surface area contributed by atoms with Crippen LogP contribution in [0.5, 0.6) is 0 Å². The minimum Gasteiger partial charge on any atom is -0.269 e. The Morgan fingerprint density at radius 3 is 1.61 bits per heavy atom. The molecule has 3 aliphatic heterocycles. The number of benzene rings is 6. The van der Waals surface area contributed by atoms with Gasteiger partial charge in [-0.15, -0.1) is 0 Å². The summed E-state index contributed by atoms with van der Waals surface area (Å²) in [6.45, 7) is 0. The molecule has 10 rings (SSSR count). The van der Waals surface area contributed by atoms with Crippen molar-refractivity contribution in [1.29, 1.82) is 0 Å². The second kappa shape index (κ2) is 15.0.